The van der Waals surface area contributed by atoms with Crippen molar-refractivity contribution in [3.05, 3.63) is 41.2 Å². The summed E-state index contributed by atoms with van der Waals surface area (Å²) in [5.41, 5.74) is 2.18. The minimum atomic E-state index is -0.0879. The molecular weight excluding hydrogens is 332 g/mol. The quantitative estimate of drug-likeness (QED) is 0.822. The molecule has 3 rings (SSSR count). The number of aromatic nitrogens is 2. The van der Waals surface area contributed by atoms with Crippen LogP contribution in [0, 0.1) is 6.92 Å². The molecule has 0 saturated carbocycles. The van der Waals surface area contributed by atoms with Crippen LogP contribution in [0.25, 0.3) is 0 Å². The number of benzene rings is 1. The summed E-state index contributed by atoms with van der Waals surface area (Å²) < 4.78 is 10.7. The second-order valence-electron chi connectivity index (χ2n) is 6.34. The third kappa shape index (κ3) is 4.22. The van der Waals surface area contributed by atoms with E-state index in [1.54, 1.807) is 18.0 Å². The number of amides is 1. The highest BCUT2D eigenvalue weighted by atomic mass is 16.7. The lowest BCUT2D eigenvalue weighted by molar-refractivity contribution is 0.0787. The Balaban J connectivity index is 1.68. The van der Waals surface area contributed by atoms with Gasteiger partial charge in [-0.2, -0.15) is 0 Å². The van der Waals surface area contributed by atoms with Crippen molar-refractivity contribution in [2.45, 2.75) is 33.2 Å². The molecule has 0 radical (unpaired) electrons. The van der Waals surface area contributed by atoms with Crippen LogP contribution in [0.15, 0.2) is 24.3 Å². The summed E-state index contributed by atoms with van der Waals surface area (Å²) in [4.78, 5) is 23.0. The van der Waals surface area contributed by atoms with Crippen molar-refractivity contribution in [3.8, 4) is 11.5 Å². The van der Waals surface area contributed by atoms with Gasteiger partial charge in [-0.05, 0) is 37.1 Å². The maximum atomic E-state index is 12.5. The van der Waals surface area contributed by atoms with Gasteiger partial charge >= 0.3 is 0 Å². The van der Waals surface area contributed by atoms with Gasteiger partial charge in [0.1, 0.15) is 5.69 Å². The van der Waals surface area contributed by atoms with E-state index >= 15 is 0 Å². The SMILES string of the molecule is CCCCN(C)C(=O)c1cc(C)nc(NCc2ccc3c(c2)OCO3)n1. The lowest BCUT2D eigenvalue weighted by Crippen LogP contribution is -2.28. The monoisotopic (exact) mass is 356 g/mol. The number of carbonyl (C=O) groups excluding carboxylic acids is 1. The summed E-state index contributed by atoms with van der Waals surface area (Å²) in [6, 6.07) is 7.49. The van der Waals surface area contributed by atoms with Crippen LogP contribution >= 0.6 is 0 Å². The van der Waals surface area contributed by atoms with E-state index in [1.807, 2.05) is 25.1 Å². The smallest absolute Gasteiger partial charge is 0.272 e. The molecule has 0 unspecified atom stereocenters. The Labute approximate surface area is 153 Å². The molecule has 1 aromatic heterocycles. The van der Waals surface area contributed by atoms with Gasteiger partial charge in [0.05, 0.1) is 0 Å². The van der Waals surface area contributed by atoms with Crippen molar-refractivity contribution in [2.75, 3.05) is 25.7 Å². The van der Waals surface area contributed by atoms with Gasteiger partial charge < -0.3 is 19.7 Å². The Morgan fingerprint density at radius 2 is 2.04 bits per heavy atom. The zero-order valence-corrected chi connectivity index (χ0v) is 15.4. The highest BCUT2D eigenvalue weighted by molar-refractivity contribution is 5.92. The number of hydrogen-bond donors (Lipinski definition) is 1. The average molecular weight is 356 g/mol. The number of aryl methyl sites for hydroxylation is 1. The van der Waals surface area contributed by atoms with E-state index in [2.05, 4.69) is 22.2 Å². The minimum absolute atomic E-state index is 0.0879. The fraction of sp³-hybridized carbons (Fsp3) is 0.421. The molecule has 0 spiro atoms. The van der Waals surface area contributed by atoms with Crippen LogP contribution in [-0.2, 0) is 6.54 Å². The van der Waals surface area contributed by atoms with Gasteiger partial charge in [0.15, 0.2) is 11.5 Å². The van der Waals surface area contributed by atoms with Crippen molar-refractivity contribution < 1.29 is 14.3 Å². The highest BCUT2D eigenvalue weighted by Gasteiger charge is 2.16. The van der Waals surface area contributed by atoms with Crippen LogP contribution in [0.1, 0.15) is 41.5 Å². The molecule has 0 saturated heterocycles. The van der Waals surface area contributed by atoms with E-state index in [1.165, 1.54) is 0 Å². The van der Waals surface area contributed by atoms with Crippen LogP contribution in [0.4, 0.5) is 5.95 Å². The summed E-state index contributed by atoms with van der Waals surface area (Å²) in [6.45, 7) is 5.46. The Kier molecular flexibility index (Phi) is 5.55. The number of ether oxygens (including phenoxy) is 2. The molecule has 0 aliphatic carbocycles. The van der Waals surface area contributed by atoms with Crippen molar-refractivity contribution in [3.63, 3.8) is 0 Å². The first-order chi connectivity index (χ1) is 12.6. The van der Waals surface area contributed by atoms with E-state index in [0.717, 1.165) is 42.1 Å². The topological polar surface area (TPSA) is 76.6 Å². The standard InChI is InChI=1S/C19H24N4O3/c1-4-5-8-23(3)18(24)15-9-13(2)21-19(22-15)20-11-14-6-7-16-17(10-14)26-12-25-16/h6-7,9-10H,4-5,8,11-12H2,1-3H3,(H,20,21,22). The summed E-state index contributed by atoms with van der Waals surface area (Å²) in [7, 11) is 1.80. The predicted molar refractivity (Wildman–Crippen MR) is 98.5 cm³/mol. The number of fused-ring (bicyclic) bond motifs is 1. The molecule has 1 N–H and O–H groups in total. The van der Waals surface area contributed by atoms with Gasteiger partial charge in [0.2, 0.25) is 12.7 Å². The first kappa shape index (κ1) is 18.0. The third-order valence-corrected chi connectivity index (χ3v) is 4.15. The molecule has 7 heteroatoms. The van der Waals surface area contributed by atoms with E-state index in [-0.39, 0.29) is 12.7 Å². The van der Waals surface area contributed by atoms with Gasteiger partial charge in [-0.1, -0.05) is 19.4 Å². The van der Waals surface area contributed by atoms with Gasteiger partial charge in [-0.15, -0.1) is 0 Å². The molecule has 2 heterocycles. The van der Waals surface area contributed by atoms with E-state index in [4.69, 9.17) is 9.47 Å². The molecule has 7 nitrogen and oxygen atoms in total. The molecular formula is C19H24N4O3. The van der Waals surface area contributed by atoms with Gasteiger partial charge in [0.25, 0.3) is 5.91 Å². The first-order valence-corrected chi connectivity index (χ1v) is 8.80. The van der Waals surface area contributed by atoms with Gasteiger partial charge in [0, 0.05) is 25.8 Å². The zero-order chi connectivity index (χ0) is 18.5. The average Bonchev–Trinajstić information content (AvgIpc) is 3.11. The summed E-state index contributed by atoms with van der Waals surface area (Å²) in [6.07, 6.45) is 2.02. The van der Waals surface area contributed by atoms with Crippen LogP contribution in [0.5, 0.6) is 11.5 Å². The summed E-state index contributed by atoms with van der Waals surface area (Å²) >= 11 is 0. The van der Waals surface area contributed by atoms with Crippen molar-refractivity contribution in [1.82, 2.24) is 14.9 Å². The molecule has 138 valence electrons. The number of carbonyl (C=O) groups is 1. The van der Waals surface area contributed by atoms with Crippen LogP contribution in [0.2, 0.25) is 0 Å². The molecule has 26 heavy (non-hydrogen) atoms. The van der Waals surface area contributed by atoms with E-state index in [9.17, 15) is 4.79 Å². The predicted octanol–water partition coefficient (Wildman–Crippen LogP) is 3.00. The molecule has 1 aromatic carbocycles. The maximum Gasteiger partial charge on any atom is 0.272 e. The second kappa shape index (κ2) is 8.03. The Morgan fingerprint density at radius 1 is 1.23 bits per heavy atom. The molecule has 1 aliphatic rings. The number of anilines is 1. The summed E-state index contributed by atoms with van der Waals surface area (Å²) in [5, 5.41) is 3.18. The molecule has 0 bridgehead atoms. The number of nitrogens with zero attached hydrogens (tertiary/aromatic N) is 3. The number of rotatable bonds is 7. The lowest BCUT2D eigenvalue weighted by atomic mass is 10.2. The fourth-order valence-corrected chi connectivity index (χ4v) is 2.68. The maximum absolute atomic E-state index is 12.5. The first-order valence-electron chi connectivity index (χ1n) is 8.80. The molecule has 0 fully saturated rings. The Hall–Kier alpha value is -2.83. The molecule has 1 amide bonds. The largest absolute Gasteiger partial charge is 0.454 e. The zero-order valence-electron chi connectivity index (χ0n) is 15.4. The fourth-order valence-electron chi connectivity index (χ4n) is 2.68. The van der Waals surface area contributed by atoms with Crippen LogP contribution in [0.3, 0.4) is 0 Å². The number of nitrogens with one attached hydrogen (secondary N) is 1. The van der Waals surface area contributed by atoms with Crippen molar-refractivity contribution in [2.24, 2.45) is 0 Å². The van der Waals surface area contributed by atoms with Crippen LogP contribution < -0.4 is 14.8 Å². The molecule has 2 aromatic rings. The number of unbranched alkanes of at least 4 members (excludes halogenated alkanes) is 1. The number of hydrogen-bond acceptors (Lipinski definition) is 6. The van der Waals surface area contributed by atoms with Crippen molar-refractivity contribution >= 4 is 11.9 Å². The lowest BCUT2D eigenvalue weighted by Gasteiger charge is -2.17. The second-order valence-corrected chi connectivity index (χ2v) is 6.34. The minimum Gasteiger partial charge on any atom is -0.454 e. The summed E-state index contributed by atoms with van der Waals surface area (Å²) in [5.74, 6) is 1.84. The van der Waals surface area contributed by atoms with E-state index in [0.29, 0.717) is 18.2 Å². The Morgan fingerprint density at radius 3 is 2.85 bits per heavy atom. The molecule has 1 aliphatic heterocycles. The van der Waals surface area contributed by atoms with Gasteiger partial charge in [-0.3, -0.25) is 4.79 Å². The van der Waals surface area contributed by atoms with Crippen molar-refractivity contribution in [1.29, 1.82) is 0 Å². The third-order valence-electron chi connectivity index (χ3n) is 4.15. The Bertz CT molecular complexity index is 794. The van der Waals surface area contributed by atoms with Crippen LogP contribution in [-0.4, -0.2) is 41.2 Å². The normalized spacial score (nSPS) is 12.1. The molecule has 0 atom stereocenters. The highest BCUT2D eigenvalue weighted by Crippen LogP contribution is 2.32. The van der Waals surface area contributed by atoms with E-state index < -0.39 is 0 Å². The van der Waals surface area contributed by atoms with Gasteiger partial charge in [-0.25, -0.2) is 9.97 Å².